The Kier molecular flexibility index (Phi) is 6.49. The molecule has 0 aromatic heterocycles. The highest BCUT2D eigenvalue weighted by Crippen LogP contribution is 1.97. The molecule has 14 heavy (non-hydrogen) atoms. The molecule has 0 unspecified atom stereocenters. The molecule has 4 N–H and O–H groups in total. The summed E-state index contributed by atoms with van der Waals surface area (Å²) in [5.74, 6) is 0.0928. The number of carbonyl (C=O) groups excluding carboxylic acids is 1. The van der Waals surface area contributed by atoms with Crippen molar-refractivity contribution in [1.82, 2.24) is 10.6 Å². The number of rotatable bonds is 6. The fourth-order valence-corrected chi connectivity index (χ4v) is 0.969. The van der Waals surface area contributed by atoms with Crippen LogP contribution in [0.25, 0.3) is 0 Å². The van der Waals surface area contributed by atoms with Crippen LogP contribution < -0.4 is 16.4 Å². The van der Waals surface area contributed by atoms with Gasteiger partial charge in [0, 0.05) is 25.0 Å². The summed E-state index contributed by atoms with van der Waals surface area (Å²) in [4.78, 5) is 11.2. The van der Waals surface area contributed by atoms with Crippen LogP contribution in [-0.2, 0) is 4.79 Å². The fraction of sp³-hybridized carbons (Fsp3) is 0.900. The van der Waals surface area contributed by atoms with E-state index in [0.717, 1.165) is 13.0 Å². The Labute approximate surface area is 86.6 Å². The van der Waals surface area contributed by atoms with Gasteiger partial charge < -0.3 is 16.4 Å². The molecule has 0 aromatic carbocycles. The zero-order valence-corrected chi connectivity index (χ0v) is 9.52. The Balaban J connectivity index is 3.36. The molecule has 0 aromatic rings. The van der Waals surface area contributed by atoms with E-state index in [-0.39, 0.29) is 11.4 Å². The van der Waals surface area contributed by atoms with Crippen molar-refractivity contribution in [3.8, 4) is 0 Å². The SMILES string of the molecule is CC(C)(C)NCCC(=O)NCCCN. The van der Waals surface area contributed by atoms with Crippen molar-refractivity contribution in [3.63, 3.8) is 0 Å². The van der Waals surface area contributed by atoms with Gasteiger partial charge in [0.1, 0.15) is 0 Å². The monoisotopic (exact) mass is 201 g/mol. The topological polar surface area (TPSA) is 67.2 Å². The minimum Gasteiger partial charge on any atom is -0.356 e. The zero-order chi connectivity index (χ0) is 11.0. The van der Waals surface area contributed by atoms with Crippen LogP contribution in [0.5, 0.6) is 0 Å². The van der Waals surface area contributed by atoms with E-state index in [4.69, 9.17) is 5.73 Å². The van der Waals surface area contributed by atoms with E-state index in [2.05, 4.69) is 31.4 Å². The molecule has 0 heterocycles. The van der Waals surface area contributed by atoms with E-state index in [1.54, 1.807) is 0 Å². The number of carbonyl (C=O) groups is 1. The first-order valence-electron chi connectivity index (χ1n) is 5.17. The smallest absolute Gasteiger partial charge is 0.221 e. The highest BCUT2D eigenvalue weighted by Gasteiger charge is 2.08. The van der Waals surface area contributed by atoms with Crippen molar-refractivity contribution >= 4 is 5.91 Å². The minimum atomic E-state index is 0.0809. The van der Waals surface area contributed by atoms with Crippen LogP contribution in [-0.4, -0.2) is 31.1 Å². The third-order valence-corrected chi connectivity index (χ3v) is 1.71. The first-order chi connectivity index (χ1) is 6.45. The van der Waals surface area contributed by atoms with Crippen LogP contribution in [0.15, 0.2) is 0 Å². The van der Waals surface area contributed by atoms with Gasteiger partial charge >= 0.3 is 0 Å². The van der Waals surface area contributed by atoms with E-state index in [0.29, 0.717) is 19.5 Å². The van der Waals surface area contributed by atoms with Gasteiger partial charge in [-0.1, -0.05) is 0 Å². The third-order valence-electron chi connectivity index (χ3n) is 1.71. The van der Waals surface area contributed by atoms with Crippen molar-refractivity contribution in [2.24, 2.45) is 5.73 Å². The fourth-order valence-electron chi connectivity index (χ4n) is 0.969. The maximum Gasteiger partial charge on any atom is 0.221 e. The van der Waals surface area contributed by atoms with Gasteiger partial charge in [-0.2, -0.15) is 0 Å². The summed E-state index contributed by atoms with van der Waals surface area (Å²) < 4.78 is 0. The maximum absolute atomic E-state index is 11.2. The summed E-state index contributed by atoms with van der Waals surface area (Å²) >= 11 is 0. The average molecular weight is 201 g/mol. The molecule has 4 nitrogen and oxygen atoms in total. The first kappa shape index (κ1) is 13.4. The molecule has 0 saturated heterocycles. The van der Waals surface area contributed by atoms with Crippen LogP contribution in [0, 0.1) is 0 Å². The normalized spacial score (nSPS) is 11.4. The van der Waals surface area contributed by atoms with E-state index in [9.17, 15) is 4.79 Å². The van der Waals surface area contributed by atoms with Crippen molar-refractivity contribution in [2.45, 2.75) is 39.2 Å². The number of nitrogens with one attached hydrogen (secondary N) is 2. The zero-order valence-electron chi connectivity index (χ0n) is 9.52. The molecule has 0 saturated carbocycles. The van der Waals surface area contributed by atoms with Gasteiger partial charge in [-0.25, -0.2) is 0 Å². The van der Waals surface area contributed by atoms with Gasteiger partial charge in [0.05, 0.1) is 0 Å². The summed E-state index contributed by atoms with van der Waals surface area (Å²) in [6.45, 7) is 8.28. The molecule has 4 heteroatoms. The molecule has 0 aliphatic carbocycles. The van der Waals surface area contributed by atoms with Gasteiger partial charge in [0.25, 0.3) is 0 Å². The molecule has 0 radical (unpaired) electrons. The standard InChI is InChI=1S/C10H23N3O/c1-10(2,3)13-8-5-9(14)12-7-4-6-11/h13H,4-8,11H2,1-3H3,(H,12,14). The molecule has 0 fully saturated rings. The number of amides is 1. The largest absolute Gasteiger partial charge is 0.356 e. The quantitative estimate of drug-likeness (QED) is 0.539. The van der Waals surface area contributed by atoms with Gasteiger partial charge in [-0.15, -0.1) is 0 Å². The summed E-state index contributed by atoms with van der Waals surface area (Å²) in [6, 6.07) is 0. The molecular weight excluding hydrogens is 178 g/mol. The van der Waals surface area contributed by atoms with E-state index < -0.39 is 0 Å². The lowest BCUT2D eigenvalue weighted by molar-refractivity contribution is -0.121. The lowest BCUT2D eigenvalue weighted by Gasteiger charge is -2.20. The second-order valence-electron chi connectivity index (χ2n) is 4.42. The van der Waals surface area contributed by atoms with Crippen molar-refractivity contribution < 1.29 is 4.79 Å². The molecule has 84 valence electrons. The van der Waals surface area contributed by atoms with Gasteiger partial charge in [-0.05, 0) is 33.7 Å². The first-order valence-corrected chi connectivity index (χ1v) is 5.17. The number of hydrogen-bond acceptors (Lipinski definition) is 3. The number of nitrogens with two attached hydrogens (primary N) is 1. The highest BCUT2D eigenvalue weighted by atomic mass is 16.1. The van der Waals surface area contributed by atoms with E-state index in [1.165, 1.54) is 0 Å². The van der Waals surface area contributed by atoms with E-state index in [1.807, 2.05) is 0 Å². The Morgan fingerprint density at radius 2 is 1.93 bits per heavy atom. The highest BCUT2D eigenvalue weighted by molar-refractivity contribution is 5.75. The Morgan fingerprint density at radius 1 is 1.29 bits per heavy atom. The van der Waals surface area contributed by atoms with Crippen LogP contribution in [0.2, 0.25) is 0 Å². The van der Waals surface area contributed by atoms with Crippen molar-refractivity contribution in [2.75, 3.05) is 19.6 Å². The van der Waals surface area contributed by atoms with Crippen molar-refractivity contribution in [3.05, 3.63) is 0 Å². The van der Waals surface area contributed by atoms with E-state index >= 15 is 0 Å². The van der Waals surface area contributed by atoms with Gasteiger partial charge in [-0.3, -0.25) is 4.79 Å². The summed E-state index contributed by atoms with van der Waals surface area (Å²) in [6.07, 6.45) is 1.38. The molecule has 0 aliphatic rings. The molecule has 0 bridgehead atoms. The number of hydrogen-bond donors (Lipinski definition) is 3. The van der Waals surface area contributed by atoms with Crippen molar-refractivity contribution in [1.29, 1.82) is 0 Å². The lowest BCUT2D eigenvalue weighted by Crippen LogP contribution is -2.38. The predicted molar refractivity (Wildman–Crippen MR) is 59.1 cm³/mol. The Morgan fingerprint density at radius 3 is 2.43 bits per heavy atom. The molecule has 0 rings (SSSR count). The van der Waals surface area contributed by atoms with Gasteiger partial charge in [0.2, 0.25) is 5.91 Å². The third kappa shape index (κ3) is 9.48. The second-order valence-corrected chi connectivity index (χ2v) is 4.42. The molecule has 1 amide bonds. The molecule has 0 spiro atoms. The molecule has 0 atom stereocenters. The maximum atomic E-state index is 11.2. The molecular formula is C10H23N3O. The van der Waals surface area contributed by atoms with Crippen LogP contribution in [0.3, 0.4) is 0 Å². The lowest BCUT2D eigenvalue weighted by atomic mass is 10.1. The Hall–Kier alpha value is -0.610. The summed E-state index contributed by atoms with van der Waals surface area (Å²) in [5, 5.41) is 6.07. The van der Waals surface area contributed by atoms with Gasteiger partial charge in [0.15, 0.2) is 0 Å². The summed E-state index contributed by atoms with van der Waals surface area (Å²) in [7, 11) is 0. The Bertz CT molecular complexity index is 163. The van der Waals surface area contributed by atoms with Crippen LogP contribution >= 0.6 is 0 Å². The second kappa shape index (κ2) is 6.79. The van der Waals surface area contributed by atoms with Crippen LogP contribution in [0.4, 0.5) is 0 Å². The summed E-state index contributed by atoms with van der Waals surface area (Å²) in [5.41, 5.74) is 5.39. The molecule has 0 aliphatic heterocycles. The van der Waals surface area contributed by atoms with Crippen LogP contribution in [0.1, 0.15) is 33.6 Å². The average Bonchev–Trinajstić information content (AvgIpc) is 2.02. The predicted octanol–water partition coefficient (Wildman–Crippen LogP) is 0.230. The minimum absolute atomic E-state index is 0.0809.